The minimum atomic E-state index is -0.985. The summed E-state index contributed by atoms with van der Waals surface area (Å²) in [5, 5.41) is 0. The zero-order valence-corrected chi connectivity index (χ0v) is 8.88. The first kappa shape index (κ1) is 11.7. The first-order valence-electron chi connectivity index (χ1n) is 5.05. The minimum absolute atomic E-state index is 0.0270. The van der Waals surface area contributed by atoms with Gasteiger partial charge in [0, 0.05) is 12.1 Å². The summed E-state index contributed by atoms with van der Waals surface area (Å²) in [5.41, 5.74) is 6.24. The van der Waals surface area contributed by atoms with Crippen molar-refractivity contribution in [2.45, 2.75) is 6.54 Å². The summed E-state index contributed by atoms with van der Waals surface area (Å²) >= 11 is 0. The topological polar surface area (TPSA) is 26.0 Å². The van der Waals surface area contributed by atoms with E-state index in [4.69, 9.17) is 5.73 Å². The molecule has 0 aliphatic rings. The Morgan fingerprint density at radius 3 is 2.47 bits per heavy atom. The highest BCUT2D eigenvalue weighted by Gasteiger charge is 2.11. The third kappa shape index (κ3) is 2.31. The standard InChI is InChI=1S/C13H10F3N/c14-10-5-8(7-17)4-9(6-10)11-2-1-3-12(15)13(11)16/h1-6H,7,17H2. The Morgan fingerprint density at radius 1 is 1.00 bits per heavy atom. The first-order valence-corrected chi connectivity index (χ1v) is 5.05. The molecule has 2 aromatic carbocycles. The van der Waals surface area contributed by atoms with Crippen molar-refractivity contribution in [3.8, 4) is 11.1 Å². The maximum Gasteiger partial charge on any atom is 0.166 e. The molecular formula is C13H10F3N. The molecule has 0 aromatic heterocycles. The van der Waals surface area contributed by atoms with Gasteiger partial charge in [-0.25, -0.2) is 13.2 Å². The van der Waals surface area contributed by atoms with Gasteiger partial charge in [0.2, 0.25) is 0 Å². The van der Waals surface area contributed by atoms with E-state index in [1.165, 1.54) is 18.2 Å². The molecule has 1 nitrogen and oxygen atoms in total. The second kappa shape index (κ2) is 4.59. The molecule has 0 saturated carbocycles. The molecule has 0 radical (unpaired) electrons. The van der Waals surface area contributed by atoms with E-state index in [0.717, 1.165) is 12.1 Å². The second-order valence-electron chi connectivity index (χ2n) is 3.65. The van der Waals surface area contributed by atoms with Crippen molar-refractivity contribution < 1.29 is 13.2 Å². The third-order valence-electron chi connectivity index (χ3n) is 2.46. The molecule has 0 aliphatic heterocycles. The average Bonchev–Trinajstić information content (AvgIpc) is 2.31. The van der Waals surface area contributed by atoms with Crippen molar-refractivity contribution in [3.05, 3.63) is 59.4 Å². The Bertz CT molecular complexity index is 552. The van der Waals surface area contributed by atoms with Crippen LogP contribution in [0.25, 0.3) is 11.1 Å². The quantitative estimate of drug-likeness (QED) is 0.852. The maximum absolute atomic E-state index is 13.5. The van der Waals surface area contributed by atoms with Crippen LogP contribution in [0.5, 0.6) is 0 Å². The summed E-state index contributed by atoms with van der Waals surface area (Å²) < 4.78 is 39.8. The lowest BCUT2D eigenvalue weighted by atomic mass is 10.0. The van der Waals surface area contributed by atoms with Crippen molar-refractivity contribution >= 4 is 0 Å². The number of halogens is 3. The van der Waals surface area contributed by atoms with Crippen molar-refractivity contribution in [1.29, 1.82) is 0 Å². The van der Waals surface area contributed by atoms with Gasteiger partial charge < -0.3 is 5.73 Å². The Morgan fingerprint density at radius 2 is 1.76 bits per heavy atom. The van der Waals surface area contributed by atoms with Crippen LogP contribution in [-0.2, 0) is 6.54 Å². The zero-order chi connectivity index (χ0) is 12.4. The molecule has 17 heavy (non-hydrogen) atoms. The number of rotatable bonds is 2. The smallest absolute Gasteiger partial charge is 0.166 e. The van der Waals surface area contributed by atoms with Crippen LogP contribution in [0.2, 0.25) is 0 Å². The van der Waals surface area contributed by atoms with Crippen molar-refractivity contribution in [3.63, 3.8) is 0 Å². The normalized spacial score (nSPS) is 10.6. The Labute approximate surface area is 96.7 Å². The predicted octanol–water partition coefficient (Wildman–Crippen LogP) is 3.23. The Hall–Kier alpha value is -1.81. The van der Waals surface area contributed by atoms with Crippen LogP contribution in [0.1, 0.15) is 5.56 Å². The minimum Gasteiger partial charge on any atom is -0.326 e. The molecule has 0 spiro atoms. The van der Waals surface area contributed by atoms with Crippen molar-refractivity contribution in [1.82, 2.24) is 0 Å². The molecule has 88 valence electrons. The van der Waals surface area contributed by atoms with E-state index in [2.05, 4.69) is 0 Å². The molecule has 0 saturated heterocycles. The molecule has 0 unspecified atom stereocenters. The molecule has 0 aliphatic carbocycles. The fourth-order valence-corrected chi connectivity index (χ4v) is 1.65. The van der Waals surface area contributed by atoms with Crippen LogP contribution in [0.15, 0.2) is 36.4 Å². The molecule has 0 fully saturated rings. The fourth-order valence-electron chi connectivity index (χ4n) is 1.65. The number of benzene rings is 2. The Kier molecular flexibility index (Phi) is 3.15. The third-order valence-corrected chi connectivity index (χ3v) is 2.46. The zero-order valence-electron chi connectivity index (χ0n) is 8.88. The Balaban J connectivity index is 2.60. The van der Waals surface area contributed by atoms with Gasteiger partial charge in [-0.1, -0.05) is 12.1 Å². The number of hydrogen-bond donors (Lipinski definition) is 1. The fraction of sp³-hybridized carbons (Fsp3) is 0.0769. The van der Waals surface area contributed by atoms with Gasteiger partial charge in [-0.3, -0.25) is 0 Å². The molecule has 2 rings (SSSR count). The summed E-state index contributed by atoms with van der Waals surface area (Å²) in [7, 11) is 0. The molecule has 4 heteroatoms. The average molecular weight is 237 g/mol. The molecule has 2 N–H and O–H groups in total. The summed E-state index contributed by atoms with van der Waals surface area (Å²) in [5.74, 6) is -2.46. The van der Waals surface area contributed by atoms with Crippen LogP contribution in [0, 0.1) is 17.5 Å². The van der Waals surface area contributed by atoms with E-state index in [0.29, 0.717) is 5.56 Å². The van der Waals surface area contributed by atoms with E-state index >= 15 is 0 Å². The molecule has 0 heterocycles. The van der Waals surface area contributed by atoms with Gasteiger partial charge in [-0.15, -0.1) is 0 Å². The van der Waals surface area contributed by atoms with Crippen molar-refractivity contribution in [2.75, 3.05) is 0 Å². The van der Waals surface area contributed by atoms with Crippen LogP contribution in [0.3, 0.4) is 0 Å². The van der Waals surface area contributed by atoms with Gasteiger partial charge in [0.15, 0.2) is 11.6 Å². The first-order chi connectivity index (χ1) is 8.11. The monoisotopic (exact) mass is 237 g/mol. The maximum atomic E-state index is 13.5. The van der Waals surface area contributed by atoms with E-state index in [-0.39, 0.29) is 17.7 Å². The van der Waals surface area contributed by atoms with Crippen LogP contribution >= 0.6 is 0 Å². The second-order valence-corrected chi connectivity index (χ2v) is 3.65. The van der Waals surface area contributed by atoms with Gasteiger partial charge in [0.05, 0.1) is 0 Å². The van der Waals surface area contributed by atoms with Gasteiger partial charge in [0.1, 0.15) is 5.82 Å². The largest absolute Gasteiger partial charge is 0.326 e. The van der Waals surface area contributed by atoms with Gasteiger partial charge in [-0.05, 0) is 35.4 Å². The van der Waals surface area contributed by atoms with Crippen LogP contribution in [-0.4, -0.2) is 0 Å². The van der Waals surface area contributed by atoms with E-state index in [1.807, 2.05) is 0 Å². The van der Waals surface area contributed by atoms with Crippen molar-refractivity contribution in [2.24, 2.45) is 5.73 Å². The molecule has 0 bridgehead atoms. The van der Waals surface area contributed by atoms with Crippen LogP contribution < -0.4 is 5.73 Å². The SMILES string of the molecule is NCc1cc(F)cc(-c2cccc(F)c2F)c1. The van der Waals surface area contributed by atoms with E-state index in [9.17, 15) is 13.2 Å². The summed E-state index contributed by atoms with van der Waals surface area (Å²) in [4.78, 5) is 0. The van der Waals surface area contributed by atoms with E-state index < -0.39 is 17.5 Å². The van der Waals surface area contributed by atoms with Gasteiger partial charge in [-0.2, -0.15) is 0 Å². The lowest BCUT2D eigenvalue weighted by Crippen LogP contribution is -1.98. The molecule has 2 aromatic rings. The molecular weight excluding hydrogens is 227 g/mol. The predicted molar refractivity (Wildman–Crippen MR) is 59.6 cm³/mol. The van der Waals surface area contributed by atoms with Gasteiger partial charge in [0.25, 0.3) is 0 Å². The highest BCUT2D eigenvalue weighted by Crippen LogP contribution is 2.26. The number of hydrogen-bond acceptors (Lipinski definition) is 1. The van der Waals surface area contributed by atoms with E-state index in [1.54, 1.807) is 6.07 Å². The summed E-state index contributed by atoms with van der Waals surface area (Å²) in [6, 6.07) is 7.74. The molecule has 0 amide bonds. The van der Waals surface area contributed by atoms with Gasteiger partial charge >= 0.3 is 0 Å². The number of nitrogens with two attached hydrogens (primary N) is 1. The summed E-state index contributed by atoms with van der Waals surface area (Å²) in [6.07, 6.45) is 0. The lowest BCUT2D eigenvalue weighted by Gasteiger charge is -2.06. The van der Waals surface area contributed by atoms with Crippen LogP contribution in [0.4, 0.5) is 13.2 Å². The highest BCUT2D eigenvalue weighted by atomic mass is 19.2. The lowest BCUT2D eigenvalue weighted by molar-refractivity contribution is 0.511. The highest BCUT2D eigenvalue weighted by molar-refractivity contribution is 5.65. The molecule has 0 atom stereocenters. The summed E-state index contributed by atoms with van der Waals surface area (Å²) in [6.45, 7) is 0.141.